The van der Waals surface area contributed by atoms with Crippen molar-refractivity contribution >= 4 is 12.0 Å². The summed E-state index contributed by atoms with van der Waals surface area (Å²) in [5, 5.41) is 15.9. The summed E-state index contributed by atoms with van der Waals surface area (Å²) in [7, 11) is 0. The fourth-order valence-electron chi connectivity index (χ4n) is 1.46. The van der Waals surface area contributed by atoms with E-state index in [0.717, 1.165) is 0 Å². The molecule has 0 saturated carbocycles. The van der Waals surface area contributed by atoms with Crippen LogP contribution in [0.4, 0.5) is 4.39 Å². The van der Waals surface area contributed by atoms with Gasteiger partial charge in [0.05, 0.1) is 6.04 Å². The van der Waals surface area contributed by atoms with E-state index in [4.69, 9.17) is 0 Å². The van der Waals surface area contributed by atoms with Crippen molar-refractivity contribution < 1.29 is 9.18 Å². The van der Waals surface area contributed by atoms with Crippen molar-refractivity contribution in [2.45, 2.75) is 13.0 Å². The van der Waals surface area contributed by atoms with Gasteiger partial charge in [-0.05, 0) is 30.7 Å². The van der Waals surface area contributed by atoms with Crippen molar-refractivity contribution in [2.24, 2.45) is 0 Å². The molecule has 0 fully saturated rings. The van der Waals surface area contributed by atoms with Crippen LogP contribution in [0.3, 0.4) is 0 Å². The van der Waals surface area contributed by atoms with Crippen LogP contribution in [0.15, 0.2) is 30.3 Å². The van der Waals surface area contributed by atoms with Gasteiger partial charge in [-0.25, -0.2) is 4.39 Å². The summed E-state index contributed by atoms with van der Waals surface area (Å²) in [6.07, 6.45) is 2.85. The van der Waals surface area contributed by atoms with Crippen molar-refractivity contribution in [1.82, 2.24) is 25.9 Å². The quantitative estimate of drug-likeness (QED) is 0.811. The third-order valence-electron chi connectivity index (χ3n) is 2.38. The number of aromatic amines is 1. The number of nitrogens with zero attached hydrogens (tertiary/aromatic N) is 3. The van der Waals surface area contributed by atoms with E-state index in [1.165, 1.54) is 24.3 Å². The molecule has 1 heterocycles. The van der Waals surface area contributed by atoms with Gasteiger partial charge >= 0.3 is 0 Å². The molecule has 0 aliphatic carbocycles. The highest BCUT2D eigenvalue weighted by Gasteiger charge is 2.11. The summed E-state index contributed by atoms with van der Waals surface area (Å²) in [5.41, 5.74) is 0.613. The third kappa shape index (κ3) is 3.70. The zero-order chi connectivity index (χ0) is 13.7. The molecule has 0 saturated heterocycles. The molecule has 0 aliphatic heterocycles. The van der Waals surface area contributed by atoms with Crippen LogP contribution in [-0.4, -0.2) is 26.5 Å². The van der Waals surface area contributed by atoms with E-state index in [9.17, 15) is 9.18 Å². The van der Waals surface area contributed by atoms with Crippen LogP contribution in [0.2, 0.25) is 0 Å². The number of hydrogen-bond acceptors (Lipinski definition) is 4. The van der Waals surface area contributed by atoms with Crippen LogP contribution in [-0.2, 0) is 4.79 Å². The first-order valence-corrected chi connectivity index (χ1v) is 5.62. The van der Waals surface area contributed by atoms with Gasteiger partial charge < -0.3 is 5.32 Å². The number of halogens is 1. The van der Waals surface area contributed by atoms with Gasteiger partial charge in [0.25, 0.3) is 0 Å². The summed E-state index contributed by atoms with van der Waals surface area (Å²) >= 11 is 0. The van der Waals surface area contributed by atoms with Crippen molar-refractivity contribution in [1.29, 1.82) is 0 Å². The molecule has 2 N–H and O–H groups in total. The Bertz CT molecular complexity index is 582. The maximum atomic E-state index is 12.9. The first-order chi connectivity index (χ1) is 9.15. The number of H-pyrrole nitrogens is 1. The topological polar surface area (TPSA) is 83.6 Å². The summed E-state index contributed by atoms with van der Waals surface area (Å²) in [6, 6.07) is 5.61. The SMILES string of the molecule is CC(NC(=O)C=Cc1cccc(F)c1)c1nn[nH]n1. The Balaban J connectivity index is 1.94. The van der Waals surface area contributed by atoms with E-state index in [0.29, 0.717) is 11.4 Å². The van der Waals surface area contributed by atoms with Gasteiger partial charge in [-0.1, -0.05) is 17.3 Å². The summed E-state index contributed by atoms with van der Waals surface area (Å²) in [4.78, 5) is 11.6. The Hall–Kier alpha value is -2.57. The number of tetrazole rings is 1. The van der Waals surface area contributed by atoms with E-state index >= 15 is 0 Å². The molecule has 0 aliphatic rings. The Morgan fingerprint density at radius 1 is 1.53 bits per heavy atom. The number of amides is 1. The first kappa shape index (κ1) is 12.9. The Labute approximate surface area is 108 Å². The molecule has 1 aromatic carbocycles. The zero-order valence-electron chi connectivity index (χ0n) is 10.2. The summed E-state index contributed by atoms with van der Waals surface area (Å²) in [6.45, 7) is 1.73. The lowest BCUT2D eigenvalue weighted by Crippen LogP contribution is -2.25. The minimum absolute atomic E-state index is 0.318. The van der Waals surface area contributed by atoms with E-state index in [2.05, 4.69) is 25.9 Å². The molecule has 0 bridgehead atoms. The zero-order valence-corrected chi connectivity index (χ0v) is 10.2. The molecule has 0 spiro atoms. The Morgan fingerprint density at radius 2 is 2.37 bits per heavy atom. The van der Waals surface area contributed by atoms with Gasteiger partial charge in [0.2, 0.25) is 5.91 Å². The second-order valence-electron chi connectivity index (χ2n) is 3.89. The normalized spacial score (nSPS) is 12.5. The molecule has 2 rings (SSSR count). The van der Waals surface area contributed by atoms with Crippen molar-refractivity contribution in [2.75, 3.05) is 0 Å². The van der Waals surface area contributed by atoms with Crippen LogP contribution in [0.25, 0.3) is 6.08 Å². The van der Waals surface area contributed by atoms with E-state index in [-0.39, 0.29) is 17.8 Å². The average molecular weight is 261 g/mol. The number of rotatable bonds is 4. The maximum Gasteiger partial charge on any atom is 0.244 e. The molecule has 1 amide bonds. The molecule has 98 valence electrons. The number of carbonyl (C=O) groups excluding carboxylic acids is 1. The first-order valence-electron chi connectivity index (χ1n) is 5.62. The molecular formula is C12H12FN5O. The van der Waals surface area contributed by atoms with Crippen molar-refractivity contribution in [3.8, 4) is 0 Å². The second kappa shape index (κ2) is 5.85. The molecule has 19 heavy (non-hydrogen) atoms. The lowest BCUT2D eigenvalue weighted by atomic mass is 10.2. The molecule has 1 atom stereocenters. The van der Waals surface area contributed by atoms with Gasteiger partial charge in [0.15, 0.2) is 5.82 Å². The largest absolute Gasteiger partial charge is 0.343 e. The van der Waals surface area contributed by atoms with E-state index in [1.807, 2.05) is 0 Å². The van der Waals surface area contributed by atoms with Crippen molar-refractivity contribution in [3.05, 3.63) is 47.5 Å². The average Bonchev–Trinajstić information content (AvgIpc) is 2.90. The fourth-order valence-corrected chi connectivity index (χ4v) is 1.46. The third-order valence-corrected chi connectivity index (χ3v) is 2.38. The molecule has 2 aromatic rings. The molecule has 1 unspecified atom stereocenters. The van der Waals surface area contributed by atoms with Crippen LogP contribution in [0, 0.1) is 5.82 Å². The number of nitrogens with one attached hydrogen (secondary N) is 2. The second-order valence-corrected chi connectivity index (χ2v) is 3.89. The standard InChI is InChI=1S/C12H12FN5O/c1-8(12-15-17-18-16-12)14-11(19)6-5-9-3-2-4-10(13)7-9/h2-8H,1H3,(H,14,19)(H,15,16,17,18). The van der Waals surface area contributed by atoms with Gasteiger partial charge in [-0.15, -0.1) is 10.2 Å². The van der Waals surface area contributed by atoms with Gasteiger partial charge in [0, 0.05) is 6.08 Å². The van der Waals surface area contributed by atoms with Crippen LogP contribution >= 0.6 is 0 Å². The molecular weight excluding hydrogens is 249 g/mol. The fraction of sp³-hybridized carbons (Fsp3) is 0.167. The monoisotopic (exact) mass is 261 g/mol. The van der Waals surface area contributed by atoms with Crippen LogP contribution < -0.4 is 5.32 Å². The number of hydrogen-bond donors (Lipinski definition) is 2. The highest BCUT2D eigenvalue weighted by molar-refractivity contribution is 5.91. The number of aromatic nitrogens is 4. The molecule has 7 heteroatoms. The van der Waals surface area contributed by atoms with Crippen LogP contribution in [0.1, 0.15) is 24.4 Å². The van der Waals surface area contributed by atoms with Gasteiger partial charge in [0.1, 0.15) is 5.82 Å². The molecule has 6 nitrogen and oxygen atoms in total. The molecule has 1 aromatic heterocycles. The maximum absolute atomic E-state index is 12.9. The van der Waals surface area contributed by atoms with Gasteiger partial charge in [-0.2, -0.15) is 5.21 Å². The Morgan fingerprint density at radius 3 is 3.05 bits per heavy atom. The predicted molar refractivity (Wildman–Crippen MR) is 66.2 cm³/mol. The van der Waals surface area contributed by atoms with Crippen molar-refractivity contribution in [3.63, 3.8) is 0 Å². The minimum atomic E-state index is -0.358. The lowest BCUT2D eigenvalue weighted by molar-refractivity contribution is -0.117. The molecule has 0 radical (unpaired) electrons. The lowest BCUT2D eigenvalue weighted by Gasteiger charge is -2.06. The van der Waals surface area contributed by atoms with Gasteiger partial charge in [-0.3, -0.25) is 4.79 Å². The highest BCUT2D eigenvalue weighted by atomic mass is 19.1. The summed E-state index contributed by atoms with van der Waals surface area (Å²) < 4.78 is 12.9. The highest BCUT2D eigenvalue weighted by Crippen LogP contribution is 2.06. The minimum Gasteiger partial charge on any atom is -0.343 e. The van der Waals surface area contributed by atoms with E-state index < -0.39 is 0 Å². The number of carbonyl (C=O) groups is 1. The van der Waals surface area contributed by atoms with E-state index in [1.54, 1.807) is 19.1 Å². The number of benzene rings is 1. The van der Waals surface area contributed by atoms with Crippen LogP contribution in [0.5, 0.6) is 0 Å². The summed E-state index contributed by atoms with van der Waals surface area (Å²) in [5.74, 6) is -0.267. The predicted octanol–water partition coefficient (Wildman–Crippen LogP) is 1.23. The Kier molecular flexibility index (Phi) is 3.97. The smallest absolute Gasteiger partial charge is 0.244 e.